The molecule has 0 aromatic carbocycles. The van der Waals surface area contributed by atoms with Crippen LogP contribution in [-0.2, 0) is 0 Å². The van der Waals surface area contributed by atoms with Crippen LogP contribution in [0.4, 0.5) is 11.4 Å². The number of hydrogen-bond donors (Lipinski definition) is 1. The van der Waals surface area contributed by atoms with Gasteiger partial charge in [0.2, 0.25) is 0 Å². The third kappa shape index (κ3) is 1.33. The van der Waals surface area contributed by atoms with Crippen LogP contribution >= 0.6 is 11.6 Å². The van der Waals surface area contributed by atoms with Crippen molar-refractivity contribution >= 4 is 23.0 Å². The Morgan fingerprint density at radius 3 is 3.23 bits per heavy atom. The molecule has 0 saturated carbocycles. The first-order valence-corrected chi connectivity index (χ1v) is 4.69. The molecule has 70 valence electrons. The Morgan fingerprint density at radius 1 is 1.69 bits per heavy atom. The summed E-state index contributed by atoms with van der Waals surface area (Å²) in [5, 5.41) is 3.83. The number of rotatable bonds is 0. The molecule has 4 heteroatoms. The van der Waals surface area contributed by atoms with Gasteiger partial charge in [0.25, 0.3) is 0 Å². The zero-order chi connectivity index (χ0) is 9.42. The second-order valence-electron chi connectivity index (χ2n) is 3.34. The minimum absolute atomic E-state index is 0.492. The maximum atomic E-state index is 5.95. The lowest BCUT2D eigenvalue weighted by Crippen LogP contribution is -2.39. The van der Waals surface area contributed by atoms with Crippen molar-refractivity contribution in [2.24, 2.45) is 0 Å². The molecule has 1 aliphatic heterocycles. The molecule has 1 aliphatic rings. The fourth-order valence-corrected chi connectivity index (χ4v) is 1.73. The number of nitrogens with zero attached hydrogens (tertiary/aromatic N) is 2. The first-order chi connectivity index (χ1) is 6.20. The fraction of sp³-hybridized carbons (Fsp3) is 0.444. The topological polar surface area (TPSA) is 28.2 Å². The Bertz CT molecular complexity index is 327. The second-order valence-corrected chi connectivity index (χ2v) is 3.69. The Labute approximate surface area is 82.7 Å². The molecule has 2 rings (SSSR count). The summed E-state index contributed by atoms with van der Waals surface area (Å²) in [6, 6.07) is 2.47. The van der Waals surface area contributed by atoms with Gasteiger partial charge in [0.1, 0.15) is 0 Å². The molecule has 1 atom stereocenters. The first kappa shape index (κ1) is 8.63. The van der Waals surface area contributed by atoms with Crippen molar-refractivity contribution in [2.45, 2.75) is 13.0 Å². The van der Waals surface area contributed by atoms with Crippen LogP contribution in [0.5, 0.6) is 0 Å². The zero-order valence-corrected chi connectivity index (χ0v) is 8.47. The summed E-state index contributed by atoms with van der Waals surface area (Å²) in [7, 11) is 2.07. The van der Waals surface area contributed by atoms with Gasteiger partial charge in [-0.25, -0.2) is 4.98 Å². The number of anilines is 2. The molecule has 1 N–H and O–H groups in total. The lowest BCUT2D eigenvalue weighted by Gasteiger charge is -2.34. The smallest absolute Gasteiger partial charge is 0.154 e. The van der Waals surface area contributed by atoms with E-state index >= 15 is 0 Å². The van der Waals surface area contributed by atoms with Crippen molar-refractivity contribution in [1.29, 1.82) is 0 Å². The summed E-state index contributed by atoms with van der Waals surface area (Å²) >= 11 is 5.95. The number of halogens is 1. The van der Waals surface area contributed by atoms with Crippen molar-refractivity contribution in [3.63, 3.8) is 0 Å². The predicted octanol–water partition coefficient (Wildman–Crippen LogP) is 1.99. The van der Waals surface area contributed by atoms with Gasteiger partial charge in [0, 0.05) is 25.8 Å². The van der Waals surface area contributed by atoms with E-state index in [4.69, 9.17) is 11.6 Å². The Kier molecular flexibility index (Phi) is 2.04. The lowest BCUT2D eigenvalue weighted by atomic mass is 10.2. The molecule has 13 heavy (non-hydrogen) atoms. The molecule has 0 saturated heterocycles. The highest BCUT2D eigenvalue weighted by molar-refractivity contribution is 6.32. The van der Waals surface area contributed by atoms with Crippen molar-refractivity contribution in [2.75, 3.05) is 23.8 Å². The molecule has 0 spiro atoms. The van der Waals surface area contributed by atoms with Crippen LogP contribution in [0.25, 0.3) is 0 Å². The Balaban J connectivity index is 2.49. The molecule has 0 unspecified atom stereocenters. The number of hydrogen-bond acceptors (Lipinski definition) is 3. The lowest BCUT2D eigenvalue weighted by molar-refractivity contribution is 0.698. The van der Waals surface area contributed by atoms with Crippen LogP contribution in [0.1, 0.15) is 6.92 Å². The number of fused-ring (bicyclic) bond motifs is 1. The van der Waals surface area contributed by atoms with Gasteiger partial charge in [-0.1, -0.05) is 11.6 Å². The van der Waals surface area contributed by atoms with E-state index in [1.165, 1.54) is 0 Å². The van der Waals surface area contributed by atoms with Gasteiger partial charge in [-0.3, -0.25) is 0 Å². The van der Waals surface area contributed by atoms with Crippen LogP contribution in [0.3, 0.4) is 0 Å². The molecule has 1 aromatic rings. The summed E-state index contributed by atoms with van der Waals surface area (Å²) in [4.78, 5) is 6.24. The van der Waals surface area contributed by atoms with E-state index in [1.807, 2.05) is 6.07 Å². The molecule has 0 bridgehead atoms. The van der Waals surface area contributed by atoms with E-state index in [0.29, 0.717) is 11.2 Å². The number of pyridine rings is 1. The molecule has 0 fully saturated rings. The fourth-order valence-electron chi connectivity index (χ4n) is 1.51. The minimum atomic E-state index is 0.492. The average Bonchev–Trinajstić information content (AvgIpc) is 2.12. The summed E-state index contributed by atoms with van der Waals surface area (Å²) < 4.78 is 0. The third-order valence-electron chi connectivity index (χ3n) is 2.50. The van der Waals surface area contributed by atoms with E-state index in [2.05, 4.69) is 29.2 Å². The van der Waals surface area contributed by atoms with Crippen molar-refractivity contribution in [1.82, 2.24) is 4.98 Å². The molecule has 0 amide bonds. The summed E-state index contributed by atoms with van der Waals surface area (Å²) in [6.45, 7) is 3.08. The highest BCUT2D eigenvalue weighted by Crippen LogP contribution is 2.34. The Morgan fingerprint density at radius 2 is 2.46 bits per heavy atom. The zero-order valence-electron chi connectivity index (χ0n) is 7.71. The molecule has 3 nitrogen and oxygen atoms in total. The second kappa shape index (κ2) is 3.07. The minimum Gasteiger partial charge on any atom is -0.379 e. The highest BCUT2D eigenvalue weighted by Gasteiger charge is 2.21. The van der Waals surface area contributed by atoms with Crippen molar-refractivity contribution < 1.29 is 0 Å². The van der Waals surface area contributed by atoms with Crippen LogP contribution < -0.4 is 10.2 Å². The largest absolute Gasteiger partial charge is 0.379 e. The maximum absolute atomic E-state index is 5.95. The standard InChI is InChI=1S/C9H12ClN3/c1-6-5-12-8-7(13(6)2)3-4-11-9(8)10/h3-4,6,12H,5H2,1-2H3/t6-/m0/s1. The summed E-state index contributed by atoms with van der Waals surface area (Å²) in [5.41, 5.74) is 2.07. The molecule has 0 radical (unpaired) electrons. The van der Waals surface area contributed by atoms with Crippen LogP contribution in [0.2, 0.25) is 5.15 Å². The Hall–Kier alpha value is -0.960. The number of aromatic nitrogens is 1. The average molecular weight is 198 g/mol. The molecule has 0 aliphatic carbocycles. The van der Waals surface area contributed by atoms with Gasteiger partial charge < -0.3 is 10.2 Å². The van der Waals surface area contributed by atoms with E-state index in [9.17, 15) is 0 Å². The van der Waals surface area contributed by atoms with E-state index < -0.39 is 0 Å². The number of nitrogens with one attached hydrogen (secondary N) is 1. The van der Waals surface area contributed by atoms with Gasteiger partial charge >= 0.3 is 0 Å². The molecule has 1 aromatic heterocycles. The SMILES string of the molecule is C[C@H]1CNc2c(ccnc2Cl)N1C. The van der Waals surface area contributed by atoms with Gasteiger partial charge in [-0.05, 0) is 13.0 Å². The highest BCUT2D eigenvalue weighted by atomic mass is 35.5. The molecular formula is C9H12ClN3. The van der Waals surface area contributed by atoms with Gasteiger partial charge in [0.05, 0.1) is 11.4 Å². The van der Waals surface area contributed by atoms with Crippen LogP contribution in [0, 0.1) is 0 Å². The number of likely N-dealkylation sites (N-methyl/N-ethyl adjacent to an activating group) is 1. The summed E-state index contributed by atoms with van der Waals surface area (Å²) in [5.74, 6) is 0. The third-order valence-corrected chi connectivity index (χ3v) is 2.78. The quantitative estimate of drug-likeness (QED) is 0.645. The van der Waals surface area contributed by atoms with Gasteiger partial charge in [-0.2, -0.15) is 0 Å². The molecular weight excluding hydrogens is 186 g/mol. The normalized spacial score (nSPS) is 20.8. The van der Waals surface area contributed by atoms with Crippen LogP contribution in [-0.4, -0.2) is 24.6 Å². The van der Waals surface area contributed by atoms with E-state index in [1.54, 1.807) is 6.20 Å². The van der Waals surface area contributed by atoms with Gasteiger partial charge in [-0.15, -0.1) is 0 Å². The van der Waals surface area contributed by atoms with Crippen molar-refractivity contribution in [3.05, 3.63) is 17.4 Å². The van der Waals surface area contributed by atoms with E-state index in [0.717, 1.165) is 17.9 Å². The predicted molar refractivity (Wildman–Crippen MR) is 55.6 cm³/mol. The first-order valence-electron chi connectivity index (χ1n) is 4.31. The van der Waals surface area contributed by atoms with Crippen molar-refractivity contribution in [3.8, 4) is 0 Å². The maximum Gasteiger partial charge on any atom is 0.154 e. The monoisotopic (exact) mass is 197 g/mol. The van der Waals surface area contributed by atoms with E-state index in [-0.39, 0.29) is 0 Å². The summed E-state index contributed by atoms with van der Waals surface area (Å²) in [6.07, 6.45) is 1.73. The molecule has 2 heterocycles. The van der Waals surface area contributed by atoms with Crippen LogP contribution in [0.15, 0.2) is 12.3 Å². The van der Waals surface area contributed by atoms with Gasteiger partial charge in [0.15, 0.2) is 5.15 Å².